The van der Waals surface area contributed by atoms with E-state index in [9.17, 15) is 4.79 Å². The van der Waals surface area contributed by atoms with Crippen LogP contribution in [0, 0.1) is 0 Å². The second-order valence-electron chi connectivity index (χ2n) is 4.04. The van der Waals surface area contributed by atoms with E-state index in [-0.39, 0.29) is 6.61 Å². The van der Waals surface area contributed by atoms with Crippen LogP contribution in [0.25, 0.3) is 0 Å². The molecular formula is C11H21NO3S. The summed E-state index contributed by atoms with van der Waals surface area (Å²) >= 11 is 1.92. The molecular weight excluding hydrogens is 226 g/mol. The topological polar surface area (TPSA) is 58.6 Å². The Balaban J connectivity index is 2.46. The van der Waals surface area contributed by atoms with Crippen molar-refractivity contribution < 1.29 is 14.6 Å². The minimum absolute atomic E-state index is 0.231. The van der Waals surface area contributed by atoms with Gasteiger partial charge >= 0.3 is 5.97 Å². The van der Waals surface area contributed by atoms with Crippen LogP contribution in [0.4, 0.5) is 0 Å². The summed E-state index contributed by atoms with van der Waals surface area (Å²) in [4.78, 5) is 11.0. The molecule has 0 heterocycles. The van der Waals surface area contributed by atoms with Gasteiger partial charge in [0.2, 0.25) is 0 Å². The molecule has 3 atom stereocenters. The van der Waals surface area contributed by atoms with Gasteiger partial charge in [0.25, 0.3) is 0 Å². The molecule has 1 aliphatic rings. The lowest BCUT2D eigenvalue weighted by molar-refractivity contribution is -0.141. The van der Waals surface area contributed by atoms with Crippen molar-refractivity contribution in [2.45, 2.75) is 43.5 Å². The normalized spacial score (nSPS) is 26.9. The number of nitrogens with one attached hydrogen (secondary N) is 1. The molecule has 1 saturated carbocycles. The zero-order valence-corrected chi connectivity index (χ0v) is 10.8. The van der Waals surface area contributed by atoms with Crippen molar-refractivity contribution >= 4 is 17.7 Å². The minimum Gasteiger partial charge on any atom is -0.480 e. The third-order valence-corrected chi connectivity index (χ3v) is 4.21. The lowest BCUT2D eigenvalue weighted by Crippen LogP contribution is -2.48. The first-order valence-corrected chi connectivity index (χ1v) is 6.83. The predicted octanol–water partition coefficient (Wildman–Crippen LogP) is 1.35. The first kappa shape index (κ1) is 13.8. The van der Waals surface area contributed by atoms with Gasteiger partial charge in [0.1, 0.15) is 6.04 Å². The van der Waals surface area contributed by atoms with Gasteiger partial charge in [-0.25, -0.2) is 0 Å². The number of ether oxygens (including phenoxy) is 1. The summed E-state index contributed by atoms with van der Waals surface area (Å²) in [5, 5.41) is 12.8. The average Bonchev–Trinajstić information content (AvgIpc) is 2.65. The molecule has 0 amide bonds. The Morgan fingerprint density at radius 2 is 2.38 bits per heavy atom. The van der Waals surface area contributed by atoms with Crippen LogP contribution >= 0.6 is 11.8 Å². The largest absolute Gasteiger partial charge is 0.480 e. The van der Waals surface area contributed by atoms with E-state index in [4.69, 9.17) is 9.84 Å². The number of carbonyl (C=O) groups is 1. The van der Waals surface area contributed by atoms with Crippen LogP contribution < -0.4 is 5.32 Å². The van der Waals surface area contributed by atoms with Gasteiger partial charge < -0.3 is 9.84 Å². The van der Waals surface area contributed by atoms with E-state index in [1.54, 1.807) is 0 Å². The fourth-order valence-electron chi connectivity index (χ4n) is 2.15. The maximum Gasteiger partial charge on any atom is 0.323 e. The zero-order chi connectivity index (χ0) is 12.0. The van der Waals surface area contributed by atoms with E-state index < -0.39 is 12.0 Å². The Morgan fingerprint density at radius 1 is 1.62 bits per heavy atom. The zero-order valence-electron chi connectivity index (χ0n) is 9.94. The van der Waals surface area contributed by atoms with E-state index in [0.717, 1.165) is 12.2 Å². The maximum absolute atomic E-state index is 11.0. The van der Waals surface area contributed by atoms with Gasteiger partial charge in [0, 0.05) is 18.4 Å². The van der Waals surface area contributed by atoms with Gasteiger partial charge in [0.15, 0.2) is 0 Å². The number of carboxylic acid groups (broad SMARTS) is 1. The molecule has 0 spiro atoms. The van der Waals surface area contributed by atoms with E-state index in [2.05, 4.69) is 12.2 Å². The lowest BCUT2D eigenvalue weighted by atomic mass is 10.2. The molecule has 94 valence electrons. The molecule has 0 radical (unpaired) electrons. The van der Waals surface area contributed by atoms with Crippen LogP contribution in [0.15, 0.2) is 0 Å². The summed E-state index contributed by atoms with van der Waals surface area (Å²) in [6, 6.07) is -0.255. The fraction of sp³-hybridized carbons (Fsp3) is 0.909. The van der Waals surface area contributed by atoms with Gasteiger partial charge in [-0.3, -0.25) is 10.1 Å². The molecule has 5 heteroatoms. The first-order valence-electron chi connectivity index (χ1n) is 5.78. The quantitative estimate of drug-likeness (QED) is 0.711. The highest BCUT2D eigenvalue weighted by Gasteiger charge is 2.30. The molecule has 2 N–H and O–H groups in total. The molecule has 16 heavy (non-hydrogen) atoms. The molecule has 1 rings (SSSR count). The lowest BCUT2D eigenvalue weighted by Gasteiger charge is -2.24. The smallest absolute Gasteiger partial charge is 0.323 e. The number of thioether (sulfide) groups is 1. The second kappa shape index (κ2) is 7.14. The molecule has 0 aliphatic heterocycles. The van der Waals surface area contributed by atoms with E-state index in [0.29, 0.717) is 11.3 Å². The molecule has 0 bridgehead atoms. The highest BCUT2D eigenvalue weighted by Crippen LogP contribution is 2.30. The summed E-state index contributed by atoms with van der Waals surface area (Å²) in [6.45, 7) is 2.37. The number of aliphatic carboxylic acids is 1. The van der Waals surface area contributed by atoms with Crippen molar-refractivity contribution in [3.8, 4) is 0 Å². The molecule has 1 aliphatic carbocycles. The molecule has 0 saturated heterocycles. The van der Waals surface area contributed by atoms with Crippen LogP contribution in [-0.4, -0.2) is 47.9 Å². The molecule has 0 aromatic carbocycles. The standard InChI is InChI=1S/C11H21NO3S/c1-3-16-10-6-4-5-8(10)12-9(7-15-2)11(13)14/h8-10,12H,3-7H2,1-2H3,(H,13,14). The van der Waals surface area contributed by atoms with E-state index in [1.165, 1.54) is 20.0 Å². The van der Waals surface area contributed by atoms with Crippen LogP contribution in [0.5, 0.6) is 0 Å². The Hall–Kier alpha value is -0.260. The third kappa shape index (κ3) is 3.96. The number of hydrogen-bond donors (Lipinski definition) is 2. The molecule has 4 nitrogen and oxygen atoms in total. The average molecular weight is 247 g/mol. The van der Waals surface area contributed by atoms with E-state index in [1.807, 2.05) is 11.8 Å². The minimum atomic E-state index is -0.825. The van der Waals surface area contributed by atoms with Crippen molar-refractivity contribution in [3.63, 3.8) is 0 Å². The number of hydrogen-bond acceptors (Lipinski definition) is 4. The Morgan fingerprint density at radius 3 is 2.94 bits per heavy atom. The fourth-order valence-corrected chi connectivity index (χ4v) is 3.35. The monoisotopic (exact) mass is 247 g/mol. The van der Waals surface area contributed by atoms with Crippen molar-refractivity contribution in [1.82, 2.24) is 5.32 Å². The maximum atomic E-state index is 11.0. The SMILES string of the molecule is CCSC1CCCC1NC(COC)C(=O)O. The van der Waals surface area contributed by atoms with Gasteiger partial charge in [-0.1, -0.05) is 13.3 Å². The van der Waals surface area contributed by atoms with E-state index >= 15 is 0 Å². The number of methoxy groups -OCH3 is 1. The number of rotatable bonds is 7. The van der Waals surface area contributed by atoms with Gasteiger partial charge in [-0.05, 0) is 18.6 Å². The summed E-state index contributed by atoms with van der Waals surface area (Å²) in [6.07, 6.45) is 3.45. The van der Waals surface area contributed by atoms with Crippen molar-refractivity contribution in [1.29, 1.82) is 0 Å². The van der Waals surface area contributed by atoms with Gasteiger partial charge in [-0.15, -0.1) is 0 Å². The second-order valence-corrected chi connectivity index (χ2v) is 5.56. The molecule has 3 unspecified atom stereocenters. The van der Waals surface area contributed by atoms with Crippen LogP contribution in [0.3, 0.4) is 0 Å². The molecule has 1 fully saturated rings. The summed E-state index contributed by atoms with van der Waals surface area (Å²) in [7, 11) is 1.53. The van der Waals surface area contributed by atoms with Crippen molar-refractivity contribution in [3.05, 3.63) is 0 Å². The summed E-state index contributed by atoms with van der Waals surface area (Å²) < 4.78 is 4.92. The Kier molecular flexibility index (Phi) is 6.16. The predicted molar refractivity (Wildman–Crippen MR) is 66.0 cm³/mol. The van der Waals surface area contributed by atoms with Crippen LogP contribution in [0.2, 0.25) is 0 Å². The molecule has 0 aromatic heterocycles. The summed E-state index contributed by atoms with van der Waals surface area (Å²) in [5.41, 5.74) is 0. The van der Waals surface area contributed by atoms with Crippen LogP contribution in [-0.2, 0) is 9.53 Å². The first-order chi connectivity index (χ1) is 7.69. The van der Waals surface area contributed by atoms with Gasteiger partial charge in [0.05, 0.1) is 6.61 Å². The van der Waals surface area contributed by atoms with Crippen molar-refractivity contribution in [2.24, 2.45) is 0 Å². The van der Waals surface area contributed by atoms with Crippen molar-refractivity contribution in [2.75, 3.05) is 19.5 Å². The summed E-state index contributed by atoms with van der Waals surface area (Å²) in [5.74, 6) is 0.263. The third-order valence-electron chi connectivity index (χ3n) is 2.88. The van der Waals surface area contributed by atoms with Crippen LogP contribution in [0.1, 0.15) is 26.2 Å². The Labute approximate surface area is 101 Å². The molecule has 0 aromatic rings. The highest BCUT2D eigenvalue weighted by atomic mass is 32.2. The number of carboxylic acids is 1. The highest BCUT2D eigenvalue weighted by molar-refractivity contribution is 7.99. The van der Waals surface area contributed by atoms with Gasteiger partial charge in [-0.2, -0.15) is 11.8 Å². The Bertz CT molecular complexity index is 225.